The van der Waals surface area contributed by atoms with E-state index in [0.29, 0.717) is 12.1 Å². The highest BCUT2D eigenvalue weighted by atomic mass is 16.0. The molecule has 9 heavy (non-hydrogen) atoms. The van der Waals surface area contributed by atoms with Crippen LogP contribution in [0.1, 0.15) is 27.7 Å². The van der Waals surface area contributed by atoms with Gasteiger partial charge in [0.15, 0.2) is 0 Å². The summed E-state index contributed by atoms with van der Waals surface area (Å²) in [7, 11) is 2.15. The monoisotopic (exact) mass is 133 g/mol. The van der Waals surface area contributed by atoms with Crippen LogP contribution >= 0.6 is 0 Å². The summed E-state index contributed by atoms with van der Waals surface area (Å²) < 4.78 is 0. The first-order chi connectivity index (χ1) is 3.55. The highest BCUT2D eigenvalue weighted by Gasteiger charge is 2.04. The van der Waals surface area contributed by atoms with E-state index in [-0.39, 0.29) is 5.48 Å². The third-order valence-corrected chi connectivity index (χ3v) is 1.63. The molecule has 0 aromatic heterocycles. The van der Waals surface area contributed by atoms with Crippen LogP contribution in [0.25, 0.3) is 0 Å². The van der Waals surface area contributed by atoms with E-state index in [1.807, 2.05) is 0 Å². The Labute approximate surface area is 58.2 Å². The molecule has 0 saturated heterocycles. The van der Waals surface area contributed by atoms with Crippen molar-refractivity contribution in [3.63, 3.8) is 0 Å². The highest BCUT2D eigenvalue weighted by molar-refractivity contribution is 4.60. The molecule has 0 aromatic carbocycles. The molecule has 0 amide bonds. The maximum atomic E-state index is 2.33. The van der Waals surface area contributed by atoms with E-state index in [1.165, 1.54) is 0 Å². The van der Waals surface area contributed by atoms with Crippen molar-refractivity contribution in [3.8, 4) is 0 Å². The second-order valence-corrected chi connectivity index (χ2v) is 2.85. The lowest BCUT2D eigenvalue weighted by atomic mass is 10.3. The zero-order valence-corrected chi connectivity index (χ0v) is 7.10. The first kappa shape index (κ1) is 11.7. The Morgan fingerprint density at radius 2 is 1.11 bits per heavy atom. The summed E-state index contributed by atoms with van der Waals surface area (Å²) >= 11 is 0. The molecular formula is C7H19NO. The fourth-order valence-corrected chi connectivity index (χ4v) is 0.596. The molecule has 0 rings (SSSR count). The van der Waals surface area contributed by atoms with Gasteiger partial charge in [-0.05, 0) is 34.7 Å². The Morgan fingerprint density at radius 1 is 0.889 bits per heavy atom. The SMILES string of the molecule is CC(C)N(C)C(C)C.O. The van der Waals surface area contributed by atoms with Crippen molar-refractivity contribution in [1.82, 2.24) is 4.90 Å². The van der Waals surface area contributed by atoms with Crippen molar-refractivity contribution in [2.75, 3.05) is 7.05 Å². The molecule has 0 fully saturated rings. The van der Waals surface area contributed by atoms with Gasteiger partial charge in [-0.15, -0.1) is 0 Å². The van der Waals surface area contributed by atoms with Crippen molar-refractivity contribution in [1.29, 1.82) is 0 Å². The lowest BCUT2D eigenvalue weighted by molar-refractivity contribution is 0.222. The van der Waals surface area contributed by atoms with Gasteiger partial charge in [-0.3, -0.25) is 0 Å². The maximum absolute atomic E-state index is 2.33. The van der Waals surface area contributed by atoms with Gasteiger partial charge in [0.25, 0.3) is 0 Å². The molecule has 0 radical (unpaired) electrons. The van der Waals surface area contributed by atoms with Gasteiger partial charge in [-0.25, -0.2) is 0 Å². The van der Waals surface area contributed by atoms with Crippen molar-refractivity contribution >= 4 is 0 Å². The lowest BCUT2D eigenvalue weighted by Crippen LogP contribution is -2.32. The normalized spacial score (nSPS) is 10.7. The molecule has 0 bridgehead atoms. The molecule has 2 heteroatoms. The molecule has 2 N–H and O–H groups in total. The van der Waals surface area contributed by atoms with Gasteiger partial charge < -0.3 is 10.4 Å². The minimum Gasteiger partial charge on any atom is -0.412 e. The van der Waals surface area contributed by atoms with Crippen molar-refractivity contribution < 1.29 is 5.48 Å². The Bertz CT molecular complexity index is 53.9. The second-order valence-electron chi connectivity index (χ2n) is 2.85. The zero-order valence-electron chi connectivity index (χ0n) is 7.10. The van der Waals surface area contributed by atoms with E-state index in [0.717, 1.165) is 0 Å². The molecule has 0 heterocycles. The van der Waals surface area contributed by atoms with E-state index >= 15 is 0 Å². The van der Waals surface area contributed by atoms with Crippen LogP contribution < -0.4 is 0 Å². The second kappa shape index (κ2) is 4.77. The molecule has 0 aliphatic carbocycles. The molecule has 0 aromatic rings. The van der Waals surface area contributed by atoms with Gasteiger partial charge in [0.2, 0.25) is 0 Å². The predicted molar refractivity (Wildman–Crippen MR) is 41.6 cm³/mol. The van der Waals surface area contributed by atoms with Crippen molar-refractivity contribution in [3.05, 3.63) is 0 Å². The van der Waals surface area contributed by atoms with E-state index in [4.69, 9.17) is 0 Å². The number of nitrogens with zero attached hydrogens (tertiary/aromatic N) is 1. The summed E-state index contributed by atoms with van der Waals surface area (Å²) in [6.45, 7) is 8.83. The minimum absolute atomic E-state index is 0. The van der Waals surface area contributed by atoms with Gasteiger partial charge >= 0.3 is 0 Å². The van der Waals surface area contributed by atoms with Crippen LogP contribution in [0, 0.1) is 0 Å². The molecule has 0 aliphatic heterocycles. The van der Waals surface area contributed by atoms with Crippen molar-refractivity contribution in [2.24, 2.45) is 0 Å². The molecule has 0 spiro atoms. The average Bonchev–Trinajstić information content (AvgIpc) is 1.64. The summed E-state index contributed by atoms with van der Waals surface area (Å²) in [5.74, 6) is 0. The first-order valence-corrected chi connectivity index (χ1v) is 3.27. The summed E-state index contributed by atoms with van der Waals surface area (Å²) in [5.41, 5.74) is 0. The standard InChI is InChI=1S/C7H17N.H2O/c1-6(2)8(5)7(3)4;/h6-7H,1-5H3;1H2. The van der Waals surface area contributed by atoms with E-state index in [2.05, 4.69) is 39.6 Å². The van der Waals surface area contributed by atoms with E-state index in [1.54, 1.807) is 0 Å². The van der Waals surface area contributed by atoms with Crippen LogP contribution in [0.3, 0.4) is 0 Å². The molecule has 0 saturated carbocycles. The summed E-state index contributed by atoms with van der Waals surface area (Å²) in [6, 6.07) is 1.35. The Kier molecular flexibility index (Phi) is 6.19. The van der Waals surface area contributed by atoms with Crippen LogP contribution in [0.2, 0.25) is 0 Å². The third-order valence-electron chi connectivity index (χ3n) is 1.63. The summed E-state index contributed by atoms with van der Waals surface area (Å²) in [6.07, 6.45) is 0. The minimum atomic E-state index is 0. The van der Waals surface area contributed by atoms with Gasteiger partial charge in [-0.1, -0.05) is 0 Å². The first-order valence-electron chi connectivity index (χ1n) is 3.27. The molecule has 0 atom stereocenters. The fraction of sp³-hybridized carbons (Fsp3) is 1.00. The largest absolute Gasteiger partial charge is 0.412 e. The maximum Gasteiger partial charge on any atom is 0.00382 e. The number of hydrogen-bond acceptors (Lipinski definition) is 1. The third kappa shape index (κ3) is 4.43. The van der Waals surface area contributed by atoms with Crippen LogP contribution in [-0.4, -0.2) is 29.5 Å². The molecule has 2 nitrogen and oxygen atoms in total. The van der Waals surface area contributed by atoms with Crippen LogP contribution in [0.15, 0.2) is 0 Å². The van der Waals surface area contributed by atoms with Crippen molar-refractivity contribution in [2.45, 2.75) is 39.8 Å². The van der Waals surface area contributed by atoms with Gasteiger partial charge in [0.05, 0.1) is 0 Å². The summed E-state index contributed by atoms with van der Waals surface area (Å²) in [4.78, 5) is 2.33. The van der Waals surface area contributed by atoms with Gasteiger partial charge in [0, 0.05) is 12.1 Å². The molecule has 58 valence electrons. The number of rotatable bonds is 2. The average molecular weight is 133 g/mol. The van der Waals surface area contributed by atoms with Crippen LogP contribution in [0.5, 0.6) is 0 Å². The van der Waals surface area contributed by atoms with Crippen LogP contribution in [0.4, 0.5) is 0 Å². The predicted octanol–water partition coefficient (Wildman–Crippen LogP) is 0.910. The molecule has 0 aliphatic rings. The zero-order chi connectivity index (χ0) is 6.73. The molecule has 0 unspecified atom stereocenters. The number of hydrogen-bond donors (Lipinski definition) is 0. The van der Waals surface area contributed by atoms with Crippen LogP contribution in [-0.2, 0) is 0 Å². The molecular weight excluding hydrogens is 114 g/mol. The van der Waals surface area contributed by atoms with E-state index < -0.39 is 0 Å². The van der Waals surface area contributed by atoms with Gasteiger partial charge in [-0.2, -0.15) is 0 Å². The summed E-state index contributed by atoms with van der Waals surface area (Å²) in [5, 5.41) is 0. The van der Waals surface area contributed by atoms with E-state index in [9.17, 15) is 0 Å². The highest BCUT2D eigenvalue weighted by Crippen LogP contribution is 1.98. The topological polar surface area (TPSA) is 34.7 Å². The fourth-order valence-electron chi connectivity index (χ4n) is 0.596. The van der Waals surface area contributed by atoms with Gasteiger partial charge in [0.1, 0.15) is 0 Å². The lowest BCUT2D eigenvalue weighted by Gasteiger charge is -2.24. The Morgan fingerprint density at radius 3 is 1.11 bits per heavy atom. The quantitative estimate of drug-likeness (QED) is 0.551. The Hall–Kier alpha value is -0.0800. The Balaban J connectivity index is 0. The smallest absolute Gasteiger partial charge is 0.00382 e.